The molecule has 2 atom stereocenters. The fourth-order valence-electron chi connectivity index (χ4n) is 1.89. The maximum atomic E-state index is 10.8. The molecule has 2 N–H and O–H groups in total. The van der Waals surface area contributed by atoms with Gasteiger partial charge in [0.2, 0.25) is 0 Å². The van der Waals surface area contributed by atoms with E-state index < -0.39 is 0 Å². The number of hydrogen-bond donors (Lipinski definition) is 2. The number of H-pyrrole nitrogens is 1. The molecular formula is C9H14N2O2. The first-order valence-electron chi connectivity index (χ1n) is 4.67. The van der Waals surface area contributed by atoms with Crippen molar-refractivity contribution in [1.82, 2.24) is 10.5 Å². The molecule has 1 aliphatic rings. The van der Waals surface area contributed by atoms with E-state index in [4.69, 9.17) is 4.52 Å². The minimum Gasteiger partial charge on any atom is -0.383 e. The molecule has 0 aliphatic carbocycles. The number of piperidine rings is 1. The topological polar surface area (TPSA) is 58.0 Å². The largest absolute Gasteiger partial charge is 0.383 e. The van der Waals surface area contributed by atoms with E-state index in [1.165, 1.54) is 0 Å². The molecule has 4 nitrogen and oxygen atoms in total. The molecule has 72 valence electrons. The van der Waals surface area contributed by atoms with Crippen LogP contribution in [0.2, 0.25) is 0 Å². The summed E-state index contributed by atoms with van der Waals surface area (Å²) in [6.07, 6.45) is 2.09. The Labute approximate surface area is 76.3 Å². The molecule has 0 radical (unpaired) electrons. The Morgan fingerprint density at radius 2 is 2.46 bits per heavy atom. The van der Waals surface area contributed by atoms with Crippen molar-refractivity contribution in [2.45, 2.75) is 31.7 Å². The fraction of sp³-hybridized carbons (Fsp3) is 0.667. The Morgan fingerprint density at radius 3 is 3.08 bits per heavy atom. The van der Waals surface area contributed by atoms with Gasteiger partial charge in [0.25, 0.3) is 5.56 Å². The second-order valence-electron chi connectivity index (χ2n) is 3.69. The van der Waals surface area contributed by atoms with Gasteiger partial charge in [0.15, 0.2) is 0 Å². The Hall–Kier alpha value is -1.03. The van der Waals surface area contributed by atoms with Crippen LogP contribution in [0, 0.1) is 0 Å². The lowest BCUT2D eigenvalue weighted by Crippen LogP contribution is -2.34. The smallest absolute Gasteiger partial charge is 0.280 e. The van der Waals surface area contributed by atoms with Crippen LogP contribution >= 0.6 is 0 Å². The van der Waals surface area contributed by atoms with Crippen LogP contribution in [0.1, 0.15) is 31.4 Å². The molecule has 0 bridgehead atoms. The first kappa shape index (κ1) is 8.56. The summed E-state index contributed by atoms with van der Waals surface area (Å²) in [6.45, 7) is 3.15. The Balaban J connectivity index is 2.12. The molecule has 1 aliphatic heterocycles. The second-order valence-corrected chi connectivity index (χ2v) is 3.69. The summed E-state index contributed by atoms with van der Waals surface area (Å²) in [4.78, 5) is 10.8. The average Bonchev–Trinajstić information content (AvgIpc) is 2.52. The zero-order valence-electron chi connectivity index (χ0n) is 7.67. The molecule has 0 unspecified atom stereocenters. The Bertz CT molecular complexity index is 328. The first-order valence-corrected chi connectivity index (χ1v) is 4.67. The number of hydrogen-bond acceptors (Lipinski definition) is 3. The quantitative estimate of drug-likeness (QED) is 0.676. The molecule has 1 fully saturated rings. The van der Waals surface area contributed by atoms with Crippen LogP contribution in [-0.4, -0.2) is 17.7 Å². The zero-order chi connectivity index (χ0) is 9.26. The molecule has 13 heavy (non-hydrogen) atoms. The van der Waals surface area contributed by atoms with Crippen LogP contribution in [0.5, 0.6) is 0 Å². The van der Waals surface area contributed by atoms with Crippen LogP contribution in [-0.2, 0) is 0 Å². The number of nitrogens with one attached hydrogen (secondary N) is 2. The van der Waals surface area contributed by atoms with Crippen molar-refractivity contribution in [1.29, 1.82) is 0 Å². The monoisotopic (exact) mass is 182 g/mol. The average molecular weight is 182 g/mol. The third-order valence-electron chi connectivity index (χ3n) is 2.57. The lowest BCUT2D eigenvalue weighted by Gasteiger charge is -2.25. The molecule has 1 aromatic rings. The van der Waals surface area contributed by atoms with Crippen molar-refractivity contribution in [3.63, 3.8) is 0 Å². The second kappa shape index (κ2) is 3.38. The van der Waals surface area contributed by atoms with E-state index in [1.54, 1.807) is 6.07 Å². The Morgan fingerprint density at radius 1 is 1.62 bits per heavy atom. The number of aromatic nitrogens is 1. The van der Waals surface area contributed by atoms with E-state index in [1.807, 2.05) is 0 Å². The third-order valence-corrected chi connectivity index (χ3v) is 2.57. The SMILES string of the molecule is C[C@H]1C[C@H](c2cc(=O)[nH]o2)CCN1. The lowest BCUT2D eigenvalue weighted by molar-refractivity contribution is 0.301. The number of rotatable bonds is 1. The van der Waals surface area contributed by atoms with Gasteiger partial charge < -0.3 is 9.84 Å². The highest BCUT2D eigenvalue weighted by molar-refractivity contribution is 5.04. The van der Waals surface area contributed by atoms with Gasteiger partial charge in [0, 0.05) is 18.0 Å². The zero-order valence-corrected chi connectivity index (χ0v) is 7.67. The molecule has 1 aromatic heterocycles. The summed E-state index contributed by atoms with van der Waals surface area (Å²) in [6, 6.07) is 2.07. The van der Waals surface area contributed by atoms with E-state index >= 15 is 0 Å². The van der Waals surface area contributed by atoms with Crippen molar-refractivity contribution in [3.05, 3.63) is 22.2 Å². The molecular weight excluding hydrogens is 168 g/mol. The highest BCUT2D eigenvalue weighted by atomic mass is 16.5. The molecule has 4 heteroatoms. The van der Waals surface area contributed by atoms with Gasteiger partial charge in [0.1, 0.15) is 5.76 Å². The van der Waals surface area contributed by atoms with E-state index in [2.05, 4.69) is 17.4 Å². The first-order chi connectivity index (χ1) is 6.25. The van der Waals surface area contributed by atoms with Gasteiger partial charge in [-0.25, -0.2) is 0 Å². The molecule has 0 spiro atoms. The van der Waals surface area contributed by atoms with Crippen LogP contribution in [0.25, 0.3) is 0 Å². The molecule has 0 amide bonds. The van der Waals surface area contributed by atoms with Gasteiger partial charge in [0.05, 0.1) is 0 Å². The van der Waals surface area contributed by atoms with E-state index in [-0.39, 0.29) is 5.56 Å². The van der Waals surface area contributed by atoms with E-state index in [9.17, 15) is 4.79 Å². The van der Waals surface area contributed by atoms with Gasteiger partial charge in [-0.1, -0.05) is 0 Å². The summed E-state index contributed by atoms with van der Waals surface area (Å²) in [5.41, 5.74) is -0.138. The predicted molar refractivity (Wildman–Crippen MR) is 48.8 cm³/mol. The van der Waals surface area contributed by atoms with Crippen LogP contribution < -0.4 is 10.9 Å². The van der Waals surface area contributed by atoms with Crippen LogP contribution in [0.15, 0.2) is 15.4 Å². The summed E-state index contributed by atoms with van der Waals surface area (Å²) in [5, 5.41) is 5.69. The minimum absolute atomic E-state index is 0.138. The van der Waals surface area contributed by atoms with Crippen molar-refractivity contribution in [2.24, 2.45) is 0 Å². The number of aromatic amines is 1. The highest BCUT2D eigenvalue weighted by Crippen LogP contribution is 2.26. The summed E-state index contributed by atoms with van der Waals surface area (Å²) < 4.78 is 5.09. The maximum Gasteiger partial charge on any atom is 0.280 e. The summed E-state index contributed by atoms with van der Waals surface area (Å²) in [7, 11) is 0. The molecule has 0 aromatic carbocycles. The molecule has 2 rings (SSSR count). The lowest BCUT2D eigenvalue weighted by atomic mass is 9.91. The van der Waals surface area contributed by atoms with E-state index in [0.717, 1.165) is 25.1 Å². The normalized spacial score (nSPS) is 29.0. The van der Waals surface area contributed by atoms with Crippen LogP contribution in [0.4, 0.5) is 0 Å². The minimum atomic E-state index is -0.138. The summed E-state index contributed by atoms with van der Waals surface area (Å²) >= 11 is 0. The molecule has 1 saturated heterocycles. The summed E-state index contributed by atoms with van der Waals surface area (Å²) in [5.74, 6) is 1.20. The van der Waals surface area contributed by atoms with Gasteiger partial charge >= 0.3 is 0 Å². The fourth-order valence-corrected chi connectivity index (χ4v) is 1.89. The predicted octanol–water partition coefficient (Wildman–Crippen LogP) is 0.823. The molecule has 0 saturated carbocycles. The maximum absolute atomic E-state index is 10.8. The van der Waals surface area contributed by atoms with Crippen molar-refractivity contribution < 1.29 is 4.52 Å². The van der Waals surface area contributed by atoms with E-state index in [0.29, 0.717) is 12.0 Å². The van der Waals surface area contributed by atoms with Crippen molar-refractivity contribution in [3.8, 4) is 0 Å². The third kappa shape index (κ3) is 1.83. The Kier molecular flexibility index (Phi) is 2.22. The van der Waals surface area contributed by atoms with Gasteiger partial charge in [-0.05, 0) is 26.3 Å². The van der Waals surface area contributed by atoms with Crippen LogP contribution in [0.3, 0.4) is 0 Å². The van der Waals surface area contributed by atoms with Crippen molar-refractivity contribution >= 4 is 0 Å². The standard InChI is InChI=1S/C9H14N2O2/c1-6-4-7(2-3-10-6)8-5-9(12)11-13-8/h5-7,10H,2-4H2,1H3,(H,11,12)/t6-,7+/m0/s1. The van der Waals surface area contributed by atoms with Gasteiger partial charge in [-0.15, -0.1) is 0 Å². The van der Waals surface area contributed by atoms with Crippen molar-refractivity contribution in [2.75, 3.05) is 6.54 Å². The van der Waals surface area contributed by atoms with Gasteiger partial charge in [-0.3, -0.25) is 4.79 Å². The molecule has 2 heterocycles. The van der Waals surface area contributed by atoms with Gasteiger partial charge in [-0.2, -0.15) is 5.16 Å². The highest BCUT2D eigenvalue weighted by Gasteiger charge is 2.22.